The highest BCUT2D eigenvalue weighted by atomic mass is 15.2. The fraction of sp³-hybridized carbons (Fsp3) is 0.353. The molecule has 3 heterocycles. The van der Waals surface area contributed by atoms with Gasteiger partial charge in [-0.1, -0.05) is 27.7 Å². The van der Waals surface area contributed by atoms with Crippen molar-refractivity contribution < 1.29 is 0 Å². The van der Waals surface area contributed by atoms with Gasteiger partial charge in [0, 0.05) is 18.6 Å². The summed E-state index contributed by atoms with van der Waals surface area (Å²) in [4.78, 5) is 8.76. The van der Waals surface area contributed by atoms with Gasteiger partial charge in [0.05, 0.1) is 29.3 Å². The number of aromatic nitrogens is 4. The Bertz CT molecular complexity index is 686. The van der Waals surface area contributed by atoms with Crippen molar-refractivity contribution in [1.82, 2.24) is 19.7 Å². The van der Waals surface area contributed by atoms with Gasteiger partial charge in [-0.05, 0) is 30.7 Å². The molecule has 21 heavy (non-hydrogen) atoms. The van der Waals surface area contributed by atoms with Crippen LogP contribution in [0.4, 0.5) is 0 Å². The molecule has 0 spiro atoms. The molecular weight excluding hydrogens is 260 g/mol. The van der Waals surface area contributed by atoms with E-state index in [4.69, 9.17) is 0 Å². The first-order valence-electron chi connectivity index (χ1n) is 7.45. The van der Waals surface area contributed by atoms with E-state index < -0.39 is 0 Å². The molecule has 3 rings (SSSR count). The highest BCUT2D eigenvalue weighted by molar-refractivity contribution is 5.81. The maximum Gasteiger partial charge on any atom is 0.0894 e. The van der Waals surface area contributed by atoms with Gasteiger partial charge >= 0.3 is 0 Å². The molecule has 0 aliphatic carbocycles. The molecule has 0 amide bonds. The predicted octanol–water partition coefficient (Wildman–Crippen LogP) is 4.39. The van der Waals surface area contributed by atoms with Crippen LogP contribution in [0.2, 0.25) is 0 Å². The molecule has 0 unspecified atom stereocenters. The maximum absolute atomic E-state index is 4.43. The smallest absolute Gasteiger partial charge is 0.0894 e. The van der Waals surface area contributed by atoms with E-state index in [-0.39, 0.29) is 0 Å². The summed E-state index contributed by atoms with van der Waals surface area (Å²) in [6.07, 6.45) is 5.48. The summed E-state index contributed by atoms with van der Waals surface area (Å²) < 4.78 is 1.82. The number of hydrogen-bond acceptors (Lipinski definition) is 3. The van der Waals surface area contributed by atoms with Gasteiger partial charge in [-0.15, -0.1) is 0 Å². The molecule has 112 valence electrons. The minimum Gasteiger partial charge on any atom is -0.266 e. The summed E-state index contributed by atoms with van der Waals surface area (Å²) in [5.41, 5.74) is 3.99. The van der Waals surface area contributed by atoms with Gasteiger partial charge in [-0.3, -0.25) is 14.6 Å². The highest BCUT2D eigenvalue weighted by Crippen LogP contribution is 2.20. The summed E-state index contributed by atoms with van der Waals surface area (Å²) in [6, 6.07) is 6.03. The summed E-state index contributed by atoms with van der Waals surface area (Å²) in [5, 5.41) is 5.29. The van der Waals surface area contributed by atoms with Crippen LogP contribution in [0.3, 0.4) is 0 Å². The molecular formula is C17H24N4. The first-order chi connectivity index (χ1) is 10.2. The third kappa shape index (κ3) is 3.88. The van der Waals surface area contributed by atoms with E-state index >= 15 is 0 Å². The van der Waals surface area contributed by atoms with Gasteiger partial charge in [0.1, 0.15) is 0 Å². The minimum absolute atomic E-state index is 0.884. The summed E-state index contributed by atoms with van der Waals surface area (Å²) >= 11 is 0. The topological polar surface area (TPSA) is 43.6 Å². The van der Waals surface area contributed by atoms with E-state index in [9.17, 15) is 0 Å². The highest BCUT2D eigenvalue weighted by Gasteiger charge is 2.05. The average molecular weight is 284 g/mol. The lowest BCUT2D eigenvalue weighted by Gasteiger charge is -2.01. The Hall–Kier alpha value is -2.23. The second-order valence-electron chi connectivity index (χ2n) is 4.11. The van der Waals surface area contributed by atoms with Gasteiger partial charge in [0.15, 0.2) is 0 Å². The zero-order valence-electron chi connectivity index (χ0n) is 13.8. The molecule has 0 saturated heterocycles. The molecule has 0 saturated carbocycles. The van der Waals surface area contributed by atoms with Crippen molar-refractivity contribution in [2.75, 3.05) is 0 Å². The van der Waals surface area contributed by atoms with Crippen molar-refractivity contribution >= 4 is 10.9 Å². The second-order valence-corrected chi connectivity index (χ2v) is 4.11. The van der Waals surface area contributed by atoms with E-state index in [2.05, 4.69) is 15.1 Å². The molecule has 0 radical (unpaired) electrons. The lowest BCUT2D eigenvalue weighted by atomic mass is 10.2. The van der Waals surface area contributed by atoms with Crippen LogP contribution in [0.1, 0.15) is 33.3 Å². The van der Waals surface area contributed by atoms with Crippen molar-refractivity contribution in [3.8, 4) is 11.4 Å². The molecule has 4 heteroatoms. The van der Waals surface area contributed by atoms with Crippen molar-refractivity contribution in [3.63, 3.8) is 0 Å². The van der Waals surface area contributed by atoms with Crippen LogP contribution >= 0.6 is 0 Å². The van der Waals surface area contributed by atoms with E-state index in [0.717, 1.165) is 22.3 Å². The van der Waals surface area contributed by atoms with Gasteiger partial charge in [-0.25, -0.2) is 0 Å². The fourth-order valence-corrected chi connectivity index (χ4v) is 1.86. The summed E-state index contributed by atoms with van der Waals surface area (Å²) in [5.74, 6) is 0. The van der Waals surface area contributed by atoms with Gasteiger partial charge < -0.3 is 0 Å². The second kappa shape index (κ2) is 8.15. The third-order valence-electron chi connectivity index (χ3n) is 2.81. The van der Waals surface area contributed by atoms with Crippen molar-refractivity contribution in [1.29, 1.82) is 0 Å². The first-order valence-corrected chi connectivity index (χ1v) is 7.45. The number of fused-ring (bicyclic) bond motifs is 1. The zero-order chi connectivity index (χ0) is 15.8. The molecule has 4 nitrogen and oxygen atoms in total. The minimum atomic E-state index is 0.884. The normalized spacial score (nSPS) is 9.43. The Morgan fingerprint density at radius 3 is 2.24 bits per heavy atom. The lowest BCUT2D eigenvalue weighted by molar-refractivity contribution is 0.795. The third-order valence-corrected chi connectivity index (χ3v) is 2.81. The van der Waals surface area contributed by atoms with Crippen molar-refractivity contribution in [2.45, 2.75) is 34.6 Å². The van der Waals surface area contributed by atoms with Gasteiger partial charge in [0.25, 0.3) is 0 Å². The number of hydrogen-bond donors (Lipinski definition) is 0. The Morgan fingerprint density at radius 1 is 0.905 bits per heavy atom. The van der Waals surface area contributed by atoms with Crippen LogP contribution in [0, 0.1) is 6.92 Å². The van der Waals surface area contributed by atoms with Crippen LogP contribution in [0.15, 0.2) is 36.8 Å². The van der Waals surface area contributed by atoms with Crippen molar-refractivity contribution in [2.24, 2.45) is 7.05 Å². The van der Waals surface area contributed by atoms with Gasteiger partial charge in [-0.2, -0.15) is 5.10 Å². The zero-order valence-corrected chi connectivity index (χ0v) is 13.8. The molecule has 3 aromatic heterocycles. The Morgan fingerprint density at radius 2 is 1.57 bits per heavy atom. The molecule has 0 aliphatic heterocycles. The van der Waals surface area contributed by atoms with Crippen molar-refractivity contribution in [3.05, 3.63) is 42.4 Å². The Balaban J connectivity index is 0.000000510. The number of nitrogens with zero attached hydrogens (tertiary/aromatic N) is 4. The van der Waals surface area contributed by atoms with E-state index in [0.29, 0.717) is 0 Å². The van der Waals surface area contributed by atoms with Crippen LogP contribution in [0.25, 0.3) is 22.3 Å². The quantitative estimate of drug-likeness (QED) is 0.665. The largest absolute Gasteiger partial charge is 0.266 e. The fourth-order valence-electron chi connectivity index (χ4n) is 1.86. The molecule has 3 aromatic rings. The predicted molar refractivity (Wildman–Crippen MR) is 89.2 cm³/mol. The van der Waals surface area contributed by atoms with E-state index in [1.165, 1.54) is 5.56 Å². The average Bonchev–Trinajstić information content (AvgIpc) is 2.92. The van der Waals surface area contributed by atoms with Crippen LogP contribution < -0.4 is 0 Å². The molecule has 0 aliphatic rings. The Labute approximate surface area is 126 Å². The molecule has 0 aromatic carbocycles. The molecule has 0 N–H and O–H groups in total. The van der Waals surface area contributed by atoms with Gasteiger partial charge in [0.2, 0.25) is 0 Å². The number of rotatable bonds is 1. The van der Waals surface area contributed by atoms with Crippen LogP contribution in [0.5, 0.6) is 0 Å². The lowest BCUT2D eigenvalue weighted by Crippen LogP contribution is -1.91. The SMILES string of the molecule is CC.CC.Cc1ccnc(-c2cc3cnn(C)c3cn2)c1. The van der Waals surface area contributed by atoms with Crippen LogP contribution in [-0.2, 0) is 7.05 Å². The monoisotopic (exact) mass is 284 g/mol. The summed E-state index contributed by atoms with van der Waals surface area (Å²) in [6.45, 7) is 10.0. The molecule has 0 atom stereocenters. The maximum atomic E-state index is 4.43. The van der Waals surface area contributed by atoms with Crippen LogP contribution in [-0.4, -0.2) is 19.7 Å². The summed E-state index contributed by atoms with van der Waals surface area (Å²) in [7, 11) is 1.91. The molecule has 0 bridgehead atoms. The van der Waals surface area contributed by atoms with E-state index in [1.807, 2.05) is 76.9 Å². The standard InChI is InChI=1S/C13H12N4.2C2H6/c1-9-3-4-14-11(5-9)12-6-10-7-16-17(2)13(10)8-15-12;2*1-2/h3-8H,1-2H3;2*1-2H3. The molecule has 0 fully saturated rings. The Kier molecular flexibility index (Phi) is 6.53. The first kappa shape index (κ1) is 16.8. The number of aryl methyl sites for hydroxylation is 2. The number of pyridine rings is 2. The van der Waals surface area contributed by atoms with E-state index in [1.54, 1.807) is 6.20 Å².